The normalized spacial score (nSPS) is 11.6. The number of unbranched alkanes of at least 4 members (excludes halogenated alkanes) is 1. The van der Waals surface area contributed by atoms with Crippen molar-refractivity contribution < 1.29 is 0 Å². The third kappa shape index (κ3) is 6.65. The zero-order valence-electron chi connectivity index (χ0n) is 8.30. The van der Waals surface area contributed by atoms with E-state index >= 15 is 0 Å². The second-order valence-corrected chi connectivity index (χ2v) is 5.37. The van der Waals surface area contributed by atoms with Gasteiger partial charge in [-0.25, -0.2) is 0 Å². The minimum Gasteiger partial charge on any atom is -0.154 e. The van der Waals surface area contributed by atoms with Crippen molar-refractivity contribution in [2.24, 2.45) is 5.18 Å². The summed E-state index contributed by atoms with van der Waals surface area (Å²) in [4.78, 5) is 9.84. The highest BCUT2D eigenvalue weighted by Gasteiger charge is 2.16. The van der Waals surface area contributed by atoms with E-state index in [0.717, 1.165) is 5.75 Å². The second kappa shape index (κ2) is 6.46. The SMILES string of the molecule is CCCCC(C)(C)SCCN=O. The first-order valence-corrected chi connectivity index (χ1v) is 5.54. The summed E-state index contributed by atoms with van der Waals surface area (Å²) in [5, 5.41) is 2.85. The van der Waals surface area contributed by atoms with Crippen LogP contribution in [0.1, 0.15) is 40.0 Å². The Morgan fingerprint density at radius 2 is 2.08 bits per heavy atom. The van der Waals surface area contributed by atoms with Gasteiger partial charge in [-0.3, -0.25) is 0 Å². The Morgan fingerprint density at radius 3 is 2.58 bits per heavy atom. The predicted molar refractivity (Wildman–Crippen MR) is 56.7 cm³/mol. The van der Waals surface area contributed by atoms with E-state index in [-0.39, 0.29) is 0 Å². The van der Waals surface area contributed by atoms with E-state index in [9.17, 15) is 4.91 Å². The maximum absolute atomic E-state index is 9.84. The molecule has 0 unspecified atom stereocenters. The smallest absolute Gasteiger partial charge is 0.0901 e. The summed E-state index contributed by atoms with van der Waals surface area (Å²) >= 11 is 1.85. The van der Waals surface area contributed by atoms with Crippen LogP contribution in [-0.4, -0.2) is 17.0 Å². The first-order chi connectivity index (χ1) is 5.62. The number of thioether (sulfide) groups is 1. The van der Waals surface area contributed by atoms with Crippen molar-refractivity contribution in [3.8, 4) is 0 Å². The molecule has 12 heavy (non-hydrogen) atoms. The molecule has 0 aromatic carbocycles. The minimum atomic E-state index is 0.320. The van der Waals surface area contributed by atoms with Gasteiger partial charge in [-0.15, -0.1) is 0 Å². The monoisotopic (exact) mass is 189 g/mol. The molecule has 0 bridgehead atoms. The molecule has 3 heteroatoms. The Morgan fingerprint density at radius 1 is 1.42 bits per heavy atom. The van der Waals surface area contributed by atoms with Crippen LogP contribution in [0.5, 0.6) is 0 Å². The van der Waals surface area contributed by atoms with E-state index in [0.29, 0.717) is 11.3 Å². The highest BCUT2D eigenvalue weighted by molar-refractivity contribution is 8.00. The van der Waals surface area contributed by atoms with Crippen LogP contribution in [0.25, 0.3) is 0 Å². The van der Waals surface area contributed by atoms with Gasteiger partial charge in [-0.05, 0) is 6.42 Å². The van der Waals surface area contributed by atoms with Crippen LogP contribution in [0, 0.1) is 4.91 Å². The molecule has 0 heterocycles. The lowest BCUT2D eigenvalue weighted by Gasteiger charge is -2.23. The number of nitrogens with zero attached hydrogens (tertiary/aromatic N) is 1. The number of hydrogen-bond donors (Lipinski definition) is 0. The molecule has 0 saturated heterocycles. The molecule has 72 valence electrons. The molecule has 0 fully saturated rings. The second-order valence-electron chi connectivity index (χ2n) is 3.56. The molecular weight excluding hydrogens is 170 g/mol. The maximum atomic E-state index is 9.84. The van der Waals surface area contributed by atoms with Crippen molar-refractivity contribution in [3.05, 3.63) is 4.91 Å². The lowest BCUT2D eigenvalue weighted by Crippen LogP contribution is -2.15. The summed E-state index contributed by atoms with van der Waals surface area (Å²) in [5.41, 5.74) is 0. The number of nitroso groups, excluding NO2 is 1. The third-order valence-electron chi connectivity index (χ3n) is 1.81. The van der Waals surface area contributed by atoms with E-state index in [4.69, 9.17) is 0 Å². The summed E-state index contributed by atoms with van der Waals surface area (Å²) in [5.74, 6) is 0.861. The highest BCUT2D eigenvalue weighted by Crippen LogP contribution is 2.29. The van der Waals surface area contributed by atoms with Crippen molar-refractivity contribution in [1.29, 1.82) is 0 Å². The standard InChI is InChI=1S/C9H19NOS/c1-4-5-6-9(2,3)12-8-7-10-11/h4-8H2,1-3H3. The predicted octanol–water partition coefficient (Wildman–Crippen LogP) is 3.45. The van der Waals surface area contributed by atoms with Gasteiger partial charge in [-0.1, -0.05) is 38.8 Å². The summed E-state index contributed by atoms with van der Waals surface area (Å²) in [7, 11) is 0. The fourth-order valence-electron chi connectivity index (χ4n) is 1.03. The first-order valence-electron chi connectivity index (χ1n) is 4.55. The lowest BCUT2D eigenvalue weighted by atomic mass is 10.1. The third-order valence-corrected chi connectivity index (χ3v) is 3.18. The van der Waals surface area contributed by atoms with Gasteiger partial charge in [0.1, 0.15) is 0 Å². The van der Waals surface area contributed by atoms with E-state index in [1.165, 1.54) is 19.3 Å². The Labute approximate surface area is 79.5 Å². The topological polar surface area (TPSA) is 29.4 Å². The van der Waals surface area contributed by atoms with Crippen molar-refractivity contribution in [3.63, 3.8) is 0 Å². The minimum absolute atomic E-state index is 0.320. The van der Waals surface area contributed by atoms with E-state index in [1.807, 2.05) is 11.8 Å². The van der Waals surface area contributed by atoms with Gasteiger partial charge in [0.2, 0.25) is 0 Å². The zero-order valence-corrected chi connectivity index (χ0v) is 9.12. The van der Waals surface area contributed by atoms with Crippen LogP contribution in [-0.2, 0) is 0 Å². The summed E-state index contributed by atoms with van der Waals surface area (Å²) in [6.45, 7) is 7.12. The Bertz CT molecular complexity index is 126. The average Bonchev–Trinajstić information content (AvgIpc) is 2.01. The summed E-state index contributed by atoms with van der Waals surface area (Å²) in [6.07, 6.45) is 3.75. The fourth-order valence-corrected chi connectivity index (χ4v) is 2.04. The molecule has 0 atom stereocenters. The Hall–Kier alpha value is -0.0500. The average molecular weight is 189 g/mol. The van der Waals surface area contributed by atoms with Gasteiger partial charge in [0.05, 0.1) is 6.54 Å². The van der Waals surface area contributed by atoms with Gasteiger partial charge in [0.15, 0.2) is 0 Å². The molecule has 0 aliphatic carbocycles. The van der Waals surface area contributed by atoms with Crippen LogP contribution in [0.4, 0.5) is 0 Å². The molecule has 0 aliphatic rings. The van der Waals surface area contributed by atoms with Gasteiger partial charge >= 0.3 is 0 Å². The van der Waals surface area contributed by atoms with Gasteiger partial charge in [0, 0.05) is 10.5 Å². The van der Waals surface area contributed by atoms with Crippen LogP contribution >= 0.6 is 11.8 Å². The highest BCUT2D eigenvalue weighted by atomic mass is 32.2. The van der Waals surface area contributed by atoms with Crippen LogP contribution in [0.3, 0.4) is 0 Å². The molecule has 0 aliphatic heterocycles. The number of rotatable bonds is 7. The molecule has 0 aromatic heterocycles. The van der Waals surface area contributed by atoms with Gasteiger partial charge in [0.25, 0.3) is 0 Å². The molecule has 0 N–H and O–H groups in total. The van der Waals surface area contributed by atoms with Gasteiger partial charge < -0.3 is 0 Å². The molecular formula is C9H19NOS. The molecule has 0 amide bonds. The molecule has 0 rings (SSSR count). The Kier molecular flexibility index (Phi) is 6.44. The summed E-state index contributed by atoms with van der Waals surface area (Å²) in [6, 6.07) is 0. The first kappa shape index (κ1) is 11.9. The van der Waals surface area contributed by atoms with Crippen molar-refractivity contribution >= 4 is 11.8 Å². The van der Waals surface area contributed by atoms with Crippen molar-refractivity contribution in [2.75, 3.05) is 12.3 Å². The molecule has 0 spiro atoms. The molecule has 2 nitrogen and oxygen atoms in total. The van der Waals surface area contributed by atoms with Crippen molar-refractivity contribution in [2.45, 2.75) is 44.8 Å². The van der Waals surface area contributed by atoms with Crippen LogP contribution in [0.15, 0.2) is 5.18 Å². The largest absolute Gasteiger partial charge is 0.154 e. The lowest BCUT2D eigenvalue weighted by molar-refractivity contribution is 0.593. The van der Waals surface area contributed by atoms with E-state index in [2.05, 4.69) is 25.9 Å². The Balaban J connectivity index is 3.48. The van der Waals surface area contributed by atoms with Crippen LogP contribution in [0.2, 0.25) is 0 Å². The van der Waals surface area contributed by atoms with Crippen LogP contribution < -0.4 is 0 Å². The number of hydrogen-bond acceptors (Lipinski definition) is 3. The molecule has 0 aromatic rings. The van der Waals surface area contributed by atoms with E-state index in [1.54, 1.807) is 0 Å². The summed E-state index contributed by atoms with van der Waals surface area (Å²) < 4.78 is 0.320. The van der Waals surface area contributed by atoms with Gasteiger partial charge in [-0.2, -0.15) is 16.7 Å². The maximum Gasteiger partial charge on any atom is 0.0901 e. The quantitative estimate of drug-likeness (QED) is 0.453. The fraction of sp³-hybridized carbons (Fsp3) is 1.00. The zero-order chi connectivity index (χ0) is 9.45. The molecule has 0 saturated carbocycles. The van der Waals surface area contributed by atoms with Crippen molar-refractivity contribution in [1.82, 2.24) is 0 Å². The molecule has 0 radical (unpaired) electrons. The van der Waals surface area contributed by atoms with E-state index < -0.39 is 0 Å².